The molecule has 2 aromatic rings. The molecule has 0 amide bonds. The zero-order chi connectivity index (χ0) is 17.9. The van der Waals surface area contributed by atoms with Crippen molar-refractivity contribution in [2.24, 2.45) is 0 Å². The molecule has 5 heteroatoms. The molecular weight excluding hydrogens is 390 g/mol. The molecule has 1 unspecified atom stereocenters. The molecule has 2 aliphatic rings. The van der Waals surface area contributed by atoms with Crippen LogP contribution in [-0.4, -0.2) is 35.1 Å². The van der Waals surface area contributed by atoms with Crippen molar-refractivity contribution in [1.82, 2.24) is 4.90 Å². The molecular formula is C23H28ClNO2S. The summed E-state index contributed by atoms with van der Waals surface area (Å²) in [5.41, 5.74) is 6.76. The predicted octanol–water partition coefficient (Wildman–Crippen LogP) is 4.69. The summed E-state index contributed by atoms with van der Waals surface area (Å²) in [6.07, 6.45) is 7.09. The van der Waals surface area contributed by atoms with Gasteiger partial charge in [0.05, 0.1) is 0 Å². The van der Waals surface area contributed by atoms with E-state index in [0.29, 0.717) is 0 Å². The Morgan fingerprint density at radius 2 is 1.61 bits per heavy atom. The van der Waals surface area contributed by atoms with E-state index in [1.54, 1.807) is 0 Å². The Balaban J connectivity index is 0.00000140. The maximum Gasteiger partial charge on any atom is 0.320 e. The largest absolute Gasteiger partial charge is 0.480 e. The second-order valence-corrected chi connectivity index (χ2v) is 7.25. The summed E-state index contributed by atoms with van der Waals surface area (Å²) in [6.45, 7) is 1.71. The average Bonchev–Trinajstić information content (AvgIpc) is 3.07. The number of aliphatic carboxylic acids is 1. The van der Waals surface area contributed by atoms with Gasteiger partial charge in [0.25, 0.3) is 0 Å². The van der Waals surface area contributed by atoms with Crippen LogP contribution in [0.5, 0.6) is 0 Å². The average molecular weight is 418 g/mol. The number of hydrogen-bond donors (Lipinski definition) is 1. The molecule has 0 aromatic heterocycles. The van der Waals surface area contributed by atoms with Crippen LogP contribution in [0.2, 0.25) is 0 Å². The Bertz CT molecular complexity index is 803. The van der Waals surface area contributed by atoms with Crippen molar-refractivity contribution in [2.45, 2.75) is 38.1 Å². The summed E-state index contributed by atoms with van der Waals surface area (Å²) in [4.78, 5) is 13.5. The Hall–Kier alpha value is -1.75. The SMILES string of the molecule is Cl.O=C(O)C1CCCN1CCC=C1c2ccccc2CCc2ccccc21.S. The van der Waals surface area contributed by atoms with Crippen molar-refractivity contribution < 1.29 is 9.90 Å². The molecule has 1 fully saturated rings. The lowest BCUT2D eigenvalue weighted by molar-refractivity contribution is -0.142. The molecule has 1 atom stereocenters. The molecule has 0 bridgehead atoms. The van der Waals surface area contributed by atoms with Gasteiger partial charge in [0.2, 0.25) is 0 Å². The molecule has 1 N–H and O–H groups in total. The van der Waals surface area contributed by atoms with Gasteiger partial charge in [0, 0.05) is 6.54 Å². The van der Waals surface area contributed by atoms with Gasteiger partial charge < -0.3 is 5.11 Å². The second kappa shape index (κ2) is 10.1. The smallest absolute Gasteiger partial charge is 0.320 e. The second-order valence-electron chi connectivity index (χ2n) is 7.25. The van der Waals surface area contributed by atoms with Gasteiger partial charge >= 0.3 is 5.97 Å². The van der Waals surface area contributed by atoms with Crippen LogP contribution in [-0.2, 0) is 17.6 Å². The Morgan fingerprint density at radius 1 is 1.04 bits per heavy atom. The minimum absolute atomic E-state index is 0. The molecule has 0 radical (unpaired) electrons. The number of rotatable bonds is 4. The molecule has 4 rings (SSSR count). The zero-order valence-corrected chi connectivity index (χ0v) is 17.8. The van der Waals surface area contributed by atoms with E-state index in [1.807, 2.05) is 0 Å². The van der Waals surface area contributed by atoms with Crippen molar-refractivity contribution in [3.63, 3.8) is 0 Å². The van der Waals surface area contributed by atoms with E-state index in [-0.39, 0.29) is 31.9 Å². The van der Waals surface area contributed by atoms with Gasteiger partial charge in [-0.3, -0.25) is 9.69 Å². The molecule has 0 spiro atoms. The third-order valence-electron chi connectivity index (χ3n) is 5.69. The van der Waals surface area contributed by atoms with Gasteiger partial charge in [-0.05, 0) is 66.5 Å². The number of benzene rings is 2. The van der Waals surface area contributed by atoms with Crippen molar-refractivity contribution in [3.8, 4) is 0 Å². The quantitative estimate of drug-likeness (QED) is 0.784. The number of fused-ring (bicyclic) bond motifs is 2. The summed E-state index contributed by atoms with van der Waals surface area (Å²) < 4.78 is 0. The molecule has 28 heavy (non-hydrogen) atoms. The van der Waals surface area contributed by atoms with E-state index in [1.165, 1.54) is 27.8 Å². The molecule has 2 aromatic carbocycles. The van der Waals surface area contributed by atoms with Gasteiger partial charge in [-0.15, -0.1) is 12.4 Å². The molecule has 0 saturated carbocycles. The lowest BCUT2D eigenvalue weighted by Crippen LogP contribution is -2.36. The maximum absolute atomic E-state index is 11.4. The summed E-state index contributed by atoms with van der Waals surface area (Å²) in [5.74, 6) is -0.680. The highest BCUT2D eigenvalue weighted by molar-refractivity contribution is 7.59. The van der Waals surface area contributed by atoms with E-state index in [4.69, 9.17) is 0 Å². The Labute approximate surface area is 180 Å². The predicted molar refractivity (Wildman–Crippen MR) is 122 cm³/mol. The molecule has 1 aliphatic carbocycles. The topological polar surface area (TPSA) is 40.5 Å². The van der Waals surface area contributed by atoms with Gasteiger partial charge in [-0.2, -0.15) is 13.5 Å². The van der Waals surface area contributed by atoms with Crippen LogP contribution in [0, 0.1) is 0 Å². The number of likely N-dealkylation sites (tertiary alicyclic amines) is 1. The van der Waals surface area contributed by atoms with Gasteiger partial charge in [-0.25, -0.2) is 0 Å². The third kappa shape index (κ3) is 4.62. The molecule has 1 aliphatic heterocycles. The third-order valence-corrected chi connectivity index (χ3v) is 5.69. The highest BCUT2D eigenvalue weighted by Gasteiger charge is 2.29. The number of carbonyl (C=O) groups is 1. The van der Waals surface area contributed by atoms with E-state index in [0.717, 1.165) is 45.2 Å². The van der Waals surface area contributed by atoms with E-state index in [9.17, 15) is 9.90 Å². The summed E-state index contributed by atoms with van der Waals surface area (Å²) >= 11 is 0. The fraction of sp³-hybridized carbons (Fsp3) is 0.348. The van der Waals surface area contributed by atoms with Crippen LogP contribution in [0.25, 0.3) is 5.57 Å². The lowest BCUT2D eigenvalue weighted by atomic mass is 9.93. The Morgan fingerprint density at radius 3 is 2.18 bits per heavy atom. The van der Waals surface area contributed by atoms with Crippen LogP contribution in [0.1, 0.15) is 41.5 Å². The van der Waals surface area contributed by atoms with Crippen LogP contribution in [0.15, 0.2) is 54.6 Å². The number of nitrogens with zero attached hydrogens (tertiary/aromatic N) is 1. The monoisotopic (exact) mass is 417 g/mol. The van der Waals surface area contributed by atoms with Crippen molar-refractivity contribution in [1.29, 1.82) is 0 Å². The van der Waals surface area contributed by atoms with Crippen molar-refractivity contribution >= 4 is 37.4 Å². The minimum Gasteiger partial charge on any atom is -0.480 e. The van der Waals surface area contributed by atoms with Gasteiger partial charge in [0.15, 0.2) is 0 Å². The van der Waals surface area contributed by atoms with Gasteiger partial charge in [-0.1, -0.05) is 54.6 Å². The lowest BCUT2D eigenvalue weighted by Gasteiger charge is -2.20. The minimum atomic E-state index is -0.680. The fourth-order valence-electron chi connectivity index (χ4n) is 4.38. The maximum atomic E-state index is 11.4. The van der Waals surface area contributed by atoms with Crippen molar-refractivity contribution in [3.05, 3.63) is 76.9 Å². The summed E-state index contributed by atoms with van der Waals surface area (Å²) in [7, 11) is 0. The number of carboxylic acids is 1. The number of hydrogen-bond acceptors (Lipinski definition) is 2. The fourth-order valence-corrected chi connectivity index (χ4v) is 4.38. The number of halogens is 1. The van der Waals surface area contributed by atoms with Crippen molar-refractivity contribution in [2.75, 3.05) is 13.1 Å². The highest BCUT2D eigenvalue weighted by Crippen LogP contribution is 2.33. The van der Waals surface area contributed by atoms with Crippen LogP contribution < -0.4 is 0 Å². The van der Waals surface area contributed by atoms with Crippen LogP contribution in [0.4, 0.5) is 0 Å². The van der Waals surface area contributed by atoms with Crippen LogP contribution >= 0.6 is 25.9 Å². The summed E-state index contributed by atoms with van der Waals surface area (Å²) in [5, 5.41) is 9.37. The van der Waals surface area contributed by atoms with Crippen LogP contribution in [0.3, 0.4) is 0 Å². The van der Waals surface area contributed by atoms with E-state index in [2.05, 4.69) is 59.5 Å². The standard InChI is InChI=1S/C23H25NO2.ClH.H2S/c25-23(26)22-12-6-16-24(22)15-5-11-21-19-9-3-1-7-17(19)13-14-18-8-2-4-10-20(18)21;;/h1-4,7-11,22H,5-6,12-16H2,(H,25,26);1H;1H2. The first kappa shape index (κ1) is 22.5. The first-order chi connectivity index (χ1) is 12.7. The Kier molecular flexibility index (Phi) is 8.17. The highest BCUT2D eigenvalue weighted by atomic mass is 35.5. The first-order valence-electron chi connectivity index (χ1n) is 9.57. The molecule has 1 saturated heterocycles. The summed E-state index contributed by atoms with van der Waals surface area (Å²) in [6, 6.07) is 17.1. The van der Waals surface area contributed by atoms with E-state index < -0.39 is 5.97 Å². The van der Waals surface area contributed by atoms with E-state index >= 15 is 0 Å². The first-order valence-corrected chi connectivity index (χ1v) is 9.57. The molecule has 150 valence electrons. The molecule has 1 heterocycles. The number of aryl methyl sites for hydroxylation is 2. The normalized spacial score (nSPS) is 18.1. The molecule has 3 nitrogen and oxygen atoms in total. The zero-order valence-electron chi connectivity index (χ0n) is 15.9. The van der Waals surface area contributed by atoms with Gasteiger partial charge in [0.1, 0.15) is 6.04 Å². The number of carboxylic acid groups (broad SMARTS) is 1.